The molecule has 0 aliphatic carbocycles. The molecule has 0 fully saturated rings. The zero-order valence-electron chi connectivity index (χ0n) is 15.6. The number of thiocarbonyl (C=S) groups is 1. The number of nitrogens with zero attached hydrogens (tertiary/aromatic N) is 3. The van der Waals surface area contributed by atoms with Crippen LogP contribution < -0.4 is 15.0 Å². The Hall–Kier alpha value is -2.60. The van der Waals surface area contributed by atoms with Gasteiger partial charge in [0.1, 0.15) is 5.75 Å². The Balaban J connectivity index is 1.89. The van der Waals surface area contributed by atoms with Gasteiger partial charge < -0.3 is 15.0 Å². The molecule has 0 bridgehead atoms. The lowest BCUT2D eigenvalue weighted by Gasteiger charge is -2.24. The van der Waals surface area contributed by atoms with E-state index in [2.05, 4.69) is 34.5 Å². The highest BCUT2D eigenvalue weighted by molar-refractivity contribution is 7.80. The molecule has 0 aromatic heterocycles. The molecule has 0 spiro atoms. The van der Waals surface area contributed by atoms with Crippen LogP contribution in [0.4, 0.5) is 5.69 Å². The van der Waals surface area contributed by atoms with Crippen LogP contribution in [0.2, 0.25) is 0 Å². The largest absolute Gasteiger partial charge is 0.497 e. The molecule has 0 unspecified atom stereocenters. The molecule has 1 atom stereocenters. The van der Waals surface area contributed by atoms with E-state index in [1.807, 2.05) is 50.4 Å². The summed E-state index contributed by atoms with van der Waals surface area (Å²) < 4.78 is 5.24. The van der Waals surface area contributed by atoms with E-state index in [-0.39, 0.29) is 6.04 Å². The predicted molar refractivity (Wildman–Crippen MR) is 111 cm³/mol. The maximum atomic E-state index is 5.48. The van der Waals surface area contributed by atoms with Gasteiger partial charge in [-0.05, 0) is 59.7 Å². The number of nitrogens with one attached hydrogen (secondary N) is 1. The van der Waals surface area contributed by atoms with Gasteiger partial charge in [0, 0.05) is 33.3 Å². The molecule has 1 aliphatic rings. The van der Waals surface area contributed by atoms with Gasteiger partial charge in [-0.2, -0.15) is 5.10 Å². The van der Waals surface area contributed by atoms with Crippen molar-refractivity contribution < 1.29 is 4.74 Å². The van der Waals surface area contributed by atoms with E-state index >= 15 is 0 Å². The van der Waals surface area contributed by atoms with Gasteiger partial charge in [-0.1, -0.05) is 12.1 Å². The van der Waals surface area contributed by atoms with Crippen molar-refractivity contribution in [2.45, 2.75) is 12.5 Å². The van der Waals surface area contributed by atoms with Crippen molar-refractivity contribution in [2.75, 3.05) is 33.2 Å². The van der Waals surface area contributed by atoms with Gasteiger partial charge in [-0.3, -0.25) is 0 Å². The molecule has 3 rings (SSSR count). The quantitative estimate of drug-likeness (QED) is 0.838. The van der Waals surface area contributed by atoms with Crippen molar-refractivity contribution in [1.82, 2.24) is 10.3 Å². The first kappa shape index (κ1) is 18.2. The topological polar surface area (TPSA) is 40.1 Å². The Morgan fingerprint density at radius 3 is 2.35 bits per heavy atom. The predicted octanol–water partition coefficient (Wildman–Crippen LogP) is 3.42. The number of anilines is 1. The van der Waals surface area contributed by atoms with Gasteiger partial charge in [0.15, 0.2) is 5.11 Å². The third kappa shape index (κ3) is 3.65. The lowest BCUT2D eigenvalue weighted by molar-refractivity contribution is 0.367. The van der Waals surface area contributed by atoms with Crippen LogP contribution in [0, 0.1) is 0 Å². The first-order chi connectivity index (χ1) is 12.5. The Morgan fingerprint density at radius 2 is 1.81 bits per heavy atom. The summed E-state index contributed by atoms with van der Waals surface area (Å²) >= 11 is 5.48. The monoisotopic (exact) mass is 368 g/mol. The molecular weight excluding hydrogens is 344 g/mol. The van der Waals surface area contributed by atoms with Crippen LogP contribution >= 0.6 is 12.2 Å². The molecular formula is C20H24N4OS. The number of ether oxygens (including phenoxy) is 1. The summed E-state index contributed by atoms with van der Waals surface area (Å²) in [5.41, 5.74) is 4.47. The number of hydrogen-bond donors (Lipinski definition) is 1. The number of rotatable bonds is 4. The van der Waals surface area contributed by atoms with Gasteiger partial charge in [0.2, 0.25) is 0 Å². The van der Waals surface area contributed by atoms with Gasteiger partial charge in [0.05, 0.1) is 18.9 Å². The number of benzene rings is 2. The molecule has 1 heterocycles. The lowest BCUT2D eigenvalue weighted by Crippen LogP contribution is -2.34. The second-order valence-corrected chi connectivity index (χ2v) is 6.77. The van der Waals surface area contributed by atoms with E-state index in [1.54, 1.807) is 7.11 Å². The van der Waals surface area contributed by atoms with E-state index < -0.39 is 0 Å². The van der Waals surface area contributed by atoms with Crippen molar-refractivity contribution in [3.63, 3.8) is 0 Å². The van der Waals surface area contributed by atoms with E-state index in [4.69, 9.17) is 22.1 Å². The molecule has 0 saturated heterocycles. The summed E-state index contributed by atoms with van der Waals surface area (Å²) in [5, 5.41) is 10.4. The Bertz CT molecular complexity index is 800. The van der Waals surface area contributed by atoms with E-state index in [9.17, 15) is 0 Å². The molecule has 2 aromatic rings. The van der Waals surface area contributed by atoms with E-state index in [0.717, 1.165) is 23.4 Å². The Morgan fingerprint density at radius 1 is 1.15 bits per heavy atom. The minimum absolute atomic E-state index is 0.0864. The second-order valence-electron chi connectivity index (χ2n) is 6.38. The summed E-state index contributed by atoms with van der Waals surface area (Å²) in [6.45, 7) is 0. The Kier molecular flexibility index (Phi) is 5.42. The molecule has 0 radical (unpaired) electrons. The molecule has 26 heavy (non-hydrogen) atoms. The van der Waals surface area contributed by atoms with Crippen molar-refractivity contribution in [1.29, 1.82) is 0 Å². The smallest absolute Gasteiger partial charge is 0.189 e. The minimum Gasteiger partial charge on any atom is -0.497 e. The fourth-order valence-electron chi connectivity index (χ4n) is 3.02. The van der Waals surface area contributed by atoms with Gasteiger partial charge >= 0.3 is 0 Å². The molecule has 6 heteroatoms. The summed E-state index contributed by atoms with van der Waals surface area (Å²) in [6.07, 6.45) is 0.801. The maximum absolute atomic E-state index is 5.48. The normalized spacial score (nSPS) is 16.2. The standard InChI is InChI=1S/C20H24N4OS/c1-21-20(26)24-19(15-5-9-16(10-6-15)23(2)3)13-18(22-24)14-7-11-17(25-4)12-8-14/h5-12,19H,13H2,1-4H3,(H,21,26)/t19-/m0/s1. The zero-order valence-corrected chi connectivity index (χ0v) is 16.4. The summed E-state index contributed by atoms with van der Waals surface area (Å²) in [5.74, 6) is 0.839. The van der Waals surface area contributed by atoms with Crippen LogP contribution in [-0.4, -0.2) is 44.1 Å². The van der Waals surface area contributed by atoms with Crippen LogP contribution in [0.25, 0.3) is 0 Å². The lowest BCUT2D eigenvalue weighted by atomic mass is 9.98. The SMILES string of the molecule is CNC(=S)N1N=C(c2ccc(OC)cc2)C[C@H]1c1ccc(N(C)C)cc1. The maximum Gasteiger partial charge on any atom is 0.189 e. The average molecular weight is 369 g/mol. The van der Waals surface area contributed by atoms with Crippen molar-refractivity contribution >= 4 is 28.7 Å². The third-order valence-electron chi connectivity index (χ3n) is 4.55. The molecule has 136 valence electrons. The minimum atomic E-state index is 0.0864. The molecule has 2 aromatic carbocycles. The van der Waals surface area contributed by atoms with Crippen LogP contribution in [0.5, 0.6) is 5.75 Å². The molecule has 5 nitrogen and oxygen atoms in total. The van der Waals surface area contributed by atoms with Crippen LogP contribution in [0.1, 0.15) is 23.6 Å². The van der Waals surface area contributed by atoms with Gasteiger partial charge in [0.25, 0.3) is 0 Å². The van der Waals surface area contributed by atoms with Crippen molar-refractivity contribution in [3.05, 3.63) is 59.7 Å². The van der Waals surface area contributed by atoms with Crippen LogP contribution in [-0.2, 0) is 0 Å². The number of methoxy groups -OCH3 is 1. The molecule has 1 aliphatic heterocycles. The molecule has 0 amide bonds. The fraction of sp³-hybridized carbons (Fsp3) is 0.300. The average Bonchev–Trinajstić information content (AvgIpc) is 3.13. The highest BCUT2D eigenvalue weighted by Gasteiger charge is 2.31. The highest BCUT2D eigenvalue weighted by Crippen LogP contribution is 2.33. The van der Waals surface area contributed by atoms with Gasteiger partial charge in [-0.25, -0.2) is 5.01 Å². The van der Waals surface area contributed by atoms with Crippen LogP contribution in [0.15, 0.2) is 53.6 Å². The van der Waals surface area contributed by atoms with Gasteiger partial charge in [-0.15, -0.1) is 0 Å². The fourth-order valence-corrected chi connectivity index (χ4v) is 3.19. The van der Waals surface area contributed by atoms with Crippen LogP contribution in [0.3, 0.4) is 0 Å². The molecule has 1 N–H and O–H groups in total. The highest BCUT2D eigenvalue weighted by atomic mass is 32.1. The number of hydrogen-bond acceptors (Lipinski definition) is 4. The first-order valence-electron chi connectivity index (χ1n) is 8.53. The van der Waals surface area contributed by atoms with E-state index in [0.29, 0.717) is 5.11 Å². The van der Waals surface area contributed by atoms with Crippen molar-refractivity contribution in [2.24, 2.45) is 5.10 Å². The second kappa shape index (κ2) is 7.74. The zero-order chi connectivity index (χ0) is 18.7. The summed E-state index contributed by atoms with van der Waals surface area (Å²) in [6, 6.07) is 16.6. The number of hydrazone groups is 1. The summed E-state index contributed by atoms with van der Waals surface area (Å²) in [7, 11) is 7.58. The first-order valence-corrected chi connectivity index (χ1v) is 8.94. The summed E-state index contributed by atoms with van der Waals surface area (Å²) in [4.78, 5) is 2.09. The third-order valence-corrected chi connectivity index (χ3v) is 4.94. The Labute approximate surface area is 160 Å². The molecule has 0 saturated carbocycles. The van der Waals surface area contributed by atoms with Crippen molar-refractivity contribution in [3.8, 4) is 5.75 Å². The van der Waals surface area contributed by atoms with E-state index in [1.165, 1.54) is 11.3 Å².